The lowest BCUT2D eigenvalue weighted by Crippen LogP contribution is -2.42. The van der Waals surface area contributed by atoms with E-state index in [0.717, 1.165) is 16.7 Å². The van der Waals surface area contributed by atoms with Crippen LogP contribution in [0.3, 0.4) is 0 Å². The number of benzene rings is 1. The van der Waals surface area contributed by atoms with Gasteiger partial charge in [-0.05, 0) is 49.4 Å². The summed E-state index contributed by atoms with van der Waals surface area (Å²) in [6.45, 7) is 3.23. The van der Waals surface area contributed by atoms with Gasteiger partial charge in [-0.3, -0.25) is 14.5 Å². The molecule has 0 bridgehead atoms. The third kappa shape index (κ3) is 4.78. The highest BCUT2D eigenvalue weighted by molar-refractivity contribution is 8.18. The lowest BCUT2D eigenvalue weighted by atomic mass is 10.2. The molecule has 1 heterocycles. The molecule has 1 aromatic rings. The lowest BCUT2D eigenvalue weighted by molar-refractivity contribution is -0.150. The maximum atomic E-state index is 12.5. The van der Waals surface area contributed by atoms with E-state index in [-0.39, 0.29) is 33.9 Å². The second kappa shape index (κ2) is 9.18. The van der Waals surface area contributed by atoms with Gasteiger partial charge in [-0.15, -0.1) is 6.42 Å². The first-order valence-corrected chi connectivity index (χ1v) is 9.36. The predicted octanol–water partition coefficient (Wildman–Crippen LogP) is 3.99. The van der Waals surface area contributed by atoms with E-state index in [9.17, 15) is 14.4 Å². The fraction of sp³-hybridized carbons (Fsp3) is 0.278. The predicted molar refractivity (Wildman–Crippen MR) is 105 cm³/mol. The average Bonchev–Trinajstić information content (AvgIpc) is 2.87. The fourth-order valence-electron chi connectivity index (χ4n) is 2.25. The highest BCUT2D eigenvalue weighted by atomic mass is 35.5. The largest absolute Gasteiger partial charge is 0.478 e. The fourth-order valence-corrected chi connectivity index (χ4v) is 3.77. The minimum absolute atomic E-state index is 0.00340. The van der Waals surface area contributed by atoms with Crippen molar-refractivity contribution in [2.75, 3.05) is 13.2 Å². The molecule has 9 heteroatoms. The Morgan fingerprint density at radius 3 is 2.56 bits per heavy atom. The van der Waals surface area contributed by atoms with E-state index < -0.39 is 23.2 Å². The molecule has 0 aromatic heterocycles. The maximum Gasteiger partial charge on any atom is 0.329 e. The standard InChI is InChI=1S/C18H15Cl2NO5S/c1-4-6-26-15-12(19)7-11(8-13(15)20)9-14-16(22)21(18(24)27-14)10(3)17(23)25-5-2/h1,7-10H,5-6H2,2-3H3/b14-9+. The smallest absolute Gasteiger partial charge is 0.329 e. The molecule has 1 saturated heterocycles. The minimum Gasteiger partial charge on any atom is -0.478 e. The zero-order valence-electron chi connectivity index (χ0n) is 14.5. The van der Waals surface area contributed by atoms with Crippen LogP contribution in [0.2, 0.25) is 10.0 Å². The van der Waals surface area contributed by atoms with E-state index in [1.165, 1.54) is 25.1 Å². The number of amides is 2. The minimum atomic E-state index is -1.02. The van der Waals surface area contributed by atoms with Crippen molar-refractivity contribution in [2.24, 2.45) is 0 Å². The van der Waals surface area contributed by atoms with Gasteiger partial charge in [0.1, 0.15) is 12.6 Å². The van der Waals surface area contributed by atoms with Crippen LogP contribution in [0.25, 0.3) is 6.08 Å². The third-order valence-electron chi connectivity index (χ3n) is 3.46. The Morgan fingerprint density at radius 2 is 2.00 bits per heavy atom. The van der Waals surface area contributed by atoms with Crippen LogP contribution < -0.4 is 4.74 Å². The van der Waals surface area contributed by atoms with Gasteiger partial charge in [0, 0.05) is 0 Å². The van der Waals surface area contributed by atoms with Crippen LogP contribution in [-0.4, -0.2) is 41.3 Å². The summed E-state index contributed by atoms with van der Waals surface area (Å²) in [5, 5.41) is -0.135. The van der Waals surface area contributed by atoms with Gasteiger partial charge in [-0.1, -0.05) is 29.1 Å². The second-order valence-electron chi connectivity index (χ2n) is 5.29. The molecular weight excluding hydrogens is 413 g/mol. The number of carbonyl (C=O) groups is 3. The van der Waals surface area contributed by atoms with E-state index in [0.29, 0.717) is 5.56 Å². The molecule has 0 saturated carbocycles. The highest BCUT2D eigenvalue weighted by Crippen LogP contribution is 2.38. The molecule has 1 aromatic carbocycles. The van der Waals surface area contributed by atoms with Crippen LogP contribution in [0.15, 0.2) is 17.0 Å². The van der Waals surface area contributed by atoms with E-state index in [4.69, 9.17) is 39.1 Å². The molecule has 1 fully saturated rings. The number of hydrogen-bond donors (Lipinski definition) is 0. The summed E-state index contributed by atoms with van der Waals surface area (Å²) >= 11 is 13.0. The highest BCUT2D eigenvalue weighted by Gasteiger charge is 2.41. The average molecular weight is 428 g/mol. The molecule has 1 aliphatic heterocycles. The van der Waals surface area contributed by atoms with Gasteiger partial charge in [0.05, 0.1) is 21.6 Å². The SMILES string of the molecule is C#CCOc1c(Cl)cc(/C=C2/SC(=O)N(C(C)C(=O)OCC)C2=O)cc1Cl. The number of terminal acetylenes is 1. The number of thioether (sulfide) groups is 1. The summed E-state index contributed by atoms with van der Waals surface area (Å²) in [4.78, 5) is 37.6. The molecule has 1 unspecified atom stereocenters. The van der Waals surface area contributed by atoms with Crippen LogP contribution in [0.5, 0.6) is 5.75 Å². The molecule has 27 heavy (non-hydrogen) atoms. The van der Waals surface area contributed by atoms with Gasteiger partial charge in [-0.25, -0.2) is 4.79 Å². The van der Waals surface area contributed by atoms with Crippen LogP contribution in [0.4, 0.5) is 4.79 Å². The normalized spacial score (nSPS) is 16.4. The van der Waals surface area contributed by atoms with Crippen molar-refractivity contribution in [3.8, 4) is 18.1 Å². The monoisotopic (exact) mass is 427 g/mol. The number of ether oxygens (including phenoxy) is 2. The Morgan fingerprint density at radius 1 is 1.37 bits per heavy atom. The first-order valence-electron chi connectivity index (χ1n) is 7.79. The second-order valence-corrected chi connectivity index (χ2v) is 7.09. The lowest BCUT2D eigenvalue weighted by Gasteiger charge is -2.19. The summed E-state index contributed by atoms with van der Waals surface area (Å²) in [6, 6.07) is 2.04. The molecule has 1 aliphatic rings. The molecule has 0 N–H and O–H groups in total. The van der Waals surface area contributed by atoms with Crippen LogP contribution in [0.1, 0.15) is 19.4 Å². The maximum absolute atomic E-state index is 12.5. The van der Waals surface area contributed by atoms with E-state index in [1.54, 1.807) is 6.92 Å². The summed E-state index contributed by atoms with van der Waals surface area (Å²) in [6.07, 6.45) is 6.60. The van der Waals surface area contributed by atoms with Crippen molar-refractivity contribution in [3.63, 3.8) is 0 Å². The van der Waals surface area contributed by atoms with Gasteiger partial charge < -0.3 is 9.47 Å². The Balaban J connectivity index is 2.28. The van der Waals surface area contributed by atoms with Gasteiger partial charge in [-0.2, -0.15) is 0 Å². The van der Waals surface area contributed by atoms with E-state index in [2.05, 4.69) is 5.92 Å². The van der Waals surface area contributed by atoms with Crippen LogP contribution in [-0.2, 0) is 14.3 Å². The van der Waals surface area contributed by atoms with Crippen molar-refractivity contribution in [3.05, 3.63) is 32.6 Å². The number of hydrogen-bond acceptors (Lipinski definition) is 6. The Kier molecular flexibility index (Phi) is 7.19. The zero-order valence-corrected chi connectivity index (χ0v) is 16.8. The van der Waals surface area contributed by atoms with Gasteiger partial charge in [0.2, 0.25) is 0 Å². The van der Waals surface area contributed by atoms with Gasteiger partial charge in [0.15, 0.2) is 5.75 Å². The number of rotatable bonds is 6. The number of esters is 1. The molecule has 0 radical (unpaired) electrons. The first-order chi connectivity index (χ1) is 12.8. The molecule has 2 amide bonds. The van der Waals surface area contributed by atoms with Crippen molar-refractivity contribution >= 4 is 58.2 Å². The Bertz CT molecular complexity index is 839. The molecule has 142 valence electrons. The van der Waals surface area contributed by atoms with Gasteiger partial charge in [0.25, 0.3) is 11.1 Å². The number of halogens is 2. The summed E-state index contributed by atoms with van der Waals surface area (Å²) in [7, 11) is 0. The van der Waals surface area contributed by atoms with Crippen molar-refractivity contribution < 1.29 is 23.9 Å². The quantitative estimate of drug-likeness (QED) is 0.388. The Hall–Kier alpha value is -2.14. The number of imide groups is 1. The summed E-state index contributed by atoms with van der Waals surface area (Å²) < 4.78 is 10.1. The van der Waals surface area contributed by atoms with E-state index in [1.807, 2.05) is 0 Å². The van der Waals surface area contributed by atoms with Gasteiger partial charge >= 0.3 is 5.97 Å². The van der Waals surface area contributed by atoms with E-state index >= 15 is 0 Å². The van der Waals surface area contributed by atoms with Crippen LogP contribution in [0, 0.1) is 12.3 Å². The molecule has 2 rings (SSSR count). The molecule has 6 nitrogen and oxygen atoms in total. The third-order valence-corrected chi connectivity index (χ3v) is 4.90. The van der Waals surface area contributed by atoms with Crippen molar-refractivity contribution in [1.29, 1.82) is 0 Å². The Labute approximate surface area is 170 Å². The number of nitrogens with zero attached hydrogens (tertiary/aromatic N) is 1. The number of carbonyl (C=O) groups excluding carboxylic acids is 3. The molecule has 0 aliphatic carbocycles. The summed E-state index contributed by atoms with van der Waals surface area (Å²) in [5.41, 5.74) is 0.493. The molecule has 0 spiro atoms. The van der Waals surface area contributed by atoms with Crippen LogP contribution >= 0.6 is 35.0 Å². The summed E-state index contributed by atoms with van der Waals surface area (Å²) in [5.74, 6) is 1.30. The topological polar surface area (TPSA) is 72.9 Å². The molecule has 1 atom stereocenters. The molecular formula is C18H15Cl2NO5S. The first kappa shape index (κ1) is 21.2. The van der Waals surface area contributed by atoms with Crippen molar-refractivity contribution in [1.82, 2.24) is 4.90 Å². The van der Waals surface area contributed by atoms with Crippen molar-refractivity contribution in [2.45, 2.75) is 19.9 Å². The zero-order chi connectivity index (χ0) is 20.1.